The molecule has 1 N–H and O–H groups in total. The van der Waals surface area contributed by atoms with E-state index in [-0.39, 0.29) is 12.1 Å². The Morgan fingerprint density at radius 1 is 1.47 bits per heavy atom. The molecule has 0 radical (unpaired) electrons. The first-order valence-corrected chi connectivity index (χ1v) is 7.48. The van der Waals surface area contributed by atoms with Crippen molar-refractivity contribution in [1.29, 1.82) is 0 Å². The summed E-state index contributed by atoms with van der Waals surface area (Å²) in [6.07, 6.45) is 0.878. The predicted molar refractivity (Wildman–Crippen MR) is 78.1 cm³/mol. The molecular formula is C14H15ClN2OS. The minimum absolute atomic E-state index is 0.0103. The van der Waals surface area contributed by atoms with Gasteiger partial charge in [-0.15, -0.1) is 11.3 Å². The largest absolute Gasteiger partial charge is 0.484 e. The highest BCUT2D eigenvalue weighted by atomic mass is 35.5. The van der Waals surface area contributed by atoms with Crippen molar-refractivity contribution in [2.24, 2.45) is 0 Å². The Bertz CT molecular complexity index is 599. The van der Waals surface area contributed by atoms with Gasteiger partial charge in [0.15, 0.2) is 0 Å². The molecule has 3 nitrogen and oxygen atoms in total. The van der Waals surface area contributed by atoms with Crippen molar-refractivity contribution in [3.8, 4) is 5.75 Å². The van der Waals surface area contributed by atoms with Crippen molar-refractivity contribution in [3.63, 3.8) is 0 Å². The van der Waals surface area contributed by atoms with Crippen LogP contribution in [-0.4, -0.2) is 12.0 Å². The maximum Gasteiger partial charge on any atom is 0.143 e. The van der Waals surface area contributed by atoms with Crippen LogP contribution in [0.15, 0.2) is 23.6 Å². The number of nitrogens with zero attached hydrogens (tertiary/aromatic N) is 1. The van der Waals surface area contributed by atoms with Gasteiger partial charge in [0.1, 0.15) is 11.9 Å². The summed E-state index contributed by atoms with van der Waals surface area (Å²) in [5, 5.41) is 7.22. The van der Waals surface area contributed by atoms with Crippen LogP contribution in [0, 0.1) is 6.92 Å². The second-order valence-corrected chi connectivity index (χ2v) is 6.16. The smallest absolute Gasteiger partial charge is 0.143 e. The number of hydrogen-bond donors (Lipinski definition) is 1. The van der Waals surface area contributed by atoms with Crippen LogP contribution < -0.4 is 10.1 Å². The first-order valence-electron chi connectivity index (χ1n) is 6.23. The third kappa shape index (κ3) is 2.48. The summed E-state index contributed by atoms with van der Waals surface area (Å²) in [5.41, 5.74) is 2.14. The molecule has 0 aliphatic carbocycles. The Labute approximate surface area is 121 Å². The summed E-state index contributed by atoms with van der Waals surface area (Å²) >= 11 is 7.72. The summed E-state index contributed by atoms with van der Waals surface area (Å²) < 4.78 is 6.06. The molecule has 0 saturated heterocycles. The van der Waals surface area contributed by atoms with Gasteiger partial charge in [-0.1, -0.05) is 11.6 Å². The topological polar surface area (TPSA) is 34.2 Å². The molecular weight excluding hydrogens is 280 g/mol. The van der Waals surface area contributed by atoms with E-state index in [2.05, 4.69) is 15.7 Å². The molecule has 3 rings (SSSR count). The Kier molecular flexibility index (Phi) is 3.48. The molecule has 2 unspecified atom stereocenters. The molecule has 5 heteroatoms. The van der Waals surface area contributed by atoms with Gasteiger partial charge >= 0.3 is 0 Å². The van der Waals surface area contributed by atoms with Crippen LogP contribution in [0.5, 0.6) is 5.75 Å². The number of fused-ring (bicyclic) bond motifs is 1. The van der Waals surface area contributed by atoms with Gasteiger partial charge in [-0.2, -0.15) is 0 Å². The van der Waals surface area contributed by atoms with E-state index in [0.29, 0.717) is 0 Å². The molecule has 2 atom stereocenters. The lowest BCUT2D eigenvalue weighted by Crippen LogP contribution is -2.26. The minimum Gasteiger partial charge on any atom is -0.484 e. The third-order valence-corrected chi connectivity index (χ3v) is 4.41. The lowest BCUT2D eigenvalue weighted by Gasteiger charge is -2.31. The molecule has 0 fully saturated rings. The van der Waals surface area contributed by atoms with Gasteiger partial charge in [0.2, 0.25) is 0 Å². The highest BCUT2D eigenvalue weighted by Crippen LogP contribution is 2.41. The van der Waals surface area contributed by atoms with Crippen LogP contribution in [0.1, 0.15) is 34.8 Å². The summed E-state index contributed by atoms with van der Waals surface area (Å²) in [6, 6.07) is 6.02. The zero-order valence-electron chi connectivity index (χ0n) is 10.8. The summed E-state index contributed by atoms with van der Waals surface area (Å²) in [4.78, 5) is 4.53. The summed E-state index contributed by atoms with van der Waals surface area (Å²) in [7, 11) is 1.96. The maximum absolute atomic E-state index is 6.06. The second-order valence-electron chi connectivity index (χ2n) is 4.66. The lowest BCUT2D eigenvalue weighted by atomic mass is 9.95. The number of benzene rings is 1. The average molecular weight is 295 g/mol. The second kappa shape index (κ2) is 5.12. The summed E-state index contributed by atoms with van der Waals surface area (Å²) in [5.74, 6) is 0.894. The Morgan fingerprint density at radius 2 is 2.32 bits per heavy atom. The Morgan fingerprint density at radius 3 is 3.00 bits per heavy atom. The number of halogens is 1. The van der Waals surface area contributed by atoms with Crippen LogP contribution in [0.25, 0.3) is 0 Å². The number of rotatable bonds is 2. The van der Waals surface area contributed by atoms with E-state index in [9.17, 15) is 0 Å². The van der Waals surface area contributed by atoms with E-state index in [4.69, 9.17) is 16.3 Å². The minimum atomic E-state index is 0.0103. The molecule has 0 amide bonds. The SMILES string of the molecule is CNC1CC(c2csc(C)n2)Oc2ccc(Cl)cc21. The third-order valence-electron chi connectivity index (χ3n) is 3.38. The van der Waals surface area contributed by atoms with Crippen molar-refractivity contribution in [2.75, 3.05) is 7.05 Å². The first-order chi connectivity index (χ1) is 9.17. The number of ether oxygens (including phenoxy) is 1. The Hall–Kier alpha value is -1.10. The fraction of sp³-hybridized carbons (Fsp3) is 0.357. The van der Waals surface area contributed by atoms with E-state index in [1.165, 1.54) is 0 Å². The molecule has 0 spiro atoms. The van der Waals surface area contributed by atoms with E-state index in [0.717, 1.165) is 33.5 Å². The molecule has 1 aromatic carbocycles. The van der Waals surface area contributed by atoms with Crippen LogP contribution in [-0.2, 0) is 0 Å². The van der Waals surface area contributed by atoms with Crippen molar-refractivity contribution >= 4 is 22.9 Å². The molecule has 1 aromatic heterocycles. The number of aryl methyl sites for hydroxylation is 1. The van der Waals surface area contributed by atoms with Crippen molar-refractivity contribution in [3.05, 3.63) is 44.9 Å². The van der Waals surface area contributed by atoms with Gasteiger partial charge in [0.05, 0.1) is 10.7 Å². The van der Waals surface area contributed by atoms with Gasteiger partial charge in [-0.3, -0.25) is 0 Å². The molecule has 100 valence electrons. The Balaban J connectivity index is 1.95. The molecule has 1 aliphatic heterocycles. The van der Waals surface area contributed by atoms with Crippen molar-refractivity contribution in [1.82, 2.24) is 10.3 Å². The highest BCUT2D eigenvalue weighted by molar-refractivity contribution is 7.09. The molecule has 2 heterocycles. The van der Waals surface area contributed by atoms with Crippen molar-refractivity contribution in [2.45, 2.75) is 25.5 Å². The lowest BCUT2D eigenvalue weighted by molar-refractivity contribution is 0.150. The van der Waals surface area contributed by atoms with Crippen LogP contribution in [0.4, 0.5) is 0 Å². The zero-order valence-corrected chi connectivity index (χ0v) is 12.4. The highest BCUT2D eigenvalue weighted by Gasteiger charge is 2.29. The van der Waals surface area contributed by atoms with Gasteiger partial charge in [-0.05, 0) is 32.2 Å². The normalized spacial score (nSPS) is 21.8. The average Bonchev–Trinajstić information content (AvgIpc) is 2.84. The van der Waals surface area contributed by atoms with Crippen LogP contribution in [0.3, 0.4) is 0 Å². The van der Waals surface area contributed by atoms with E-state index >= 15 is 0 Å². The quantitative estimate of drug-likeness (QED) is 0.912. The predicted octanol–water partition coefficient (Wildman–Crippen LogP) is 3.89. The standard InChI is InChI=1S/C14H15ClN2OS/c1-8-17-12(7-19-8)14-6-11(16-2)10-5-9(15)3-4-13(10)18-14/h3-5,7,11,14,16H,6H2,1-2H3. The first kappa shape index (κ1) is 12.9. The van der Waals surface area contributed by atoms with E-state index in [1.54, 1.807) is 11.3 Å². The van der Waals surface area contributed by atoms with Gasteiger partial charge in [0.25, 0.3) is 0 Å². The summed E-state index contributed by atoms with van der Waals surface area (Å²) in [6.45, 7) is 2.01. The van der Waals surface area contributed by atoms with Crippen molar-refractivity contribution < 1.29 is 4.74 Å². The molecule has 19 heavy (non-hydrogen) atoms. The molecule has 0 bridgehead atoms. The fourth-order valence-electron chi connectivity index (χ4n) is 2.42. The van der Waals surface area contributed by atoms with Gasteiger partial charge < -0.3 is 10.1 Å². The number of thiazole rings is 1. The molecule has 1 aliphatic rings. The van der Waals surface area contributed by atoms with E-state index in [1.807, 2.05) is 32.2 Å². The van der Waals surface area contributed by atoms with Crippen LogP contribution >= 0.6 is 22.9 Å². The monoisotopic (exact) mass is 294 g/mol. The van der Waals surface area contributed by atoms with Gasteiger partial charge in [0, 0.05) is 28.4 Å². The van der Waals surface area contributed by atoms with E-state index < -0.39 is 0 Å². The zero-order chi connectivity index (χ0) is 13.4. The molecule has 0 saturated carbocycles. The number of aromatic nitrogens is 1. The number of nitrogens with one attached hydrogen (secondary N) is 1. The fourth-order valence-corrected chi connectivity index (χ4v) is 3.26. The van der Waals surface area contributed by atoms with Gasteiger partial charge in [-0.25, -0.2) is 4.98 Å². The number of hydrogen-bond acceptors (Lipinski definition) is 4. The van der Waals surface area contributed by atoms with Crippen LogP contribution in [0.2, 0.25) is 5.02 Å². The maximum atomic E-state index is 6.06. The molecule has 2 aromatic rings.